The van der Waals surface area contributed by atoms with Crippen LogP contribution in [0.5, 0.6) is 5.75 Å². The minimum Gasteiger partial charge on any atom is -0.492 e. The predicted octanol–water partition coefficient (Wildman–Crippen LogP) is 2.93. The summed E-state index contributed by atoms with van der Waals surface area (Å²) in [7, 11) is 1.18. The van der Waals surface area contributed by atoms with Crippen LogP contribution < -0.4 is 4.74 Å². The van der Waals surface area contributed by atoms with E-state index in [9.17, 15) is 13.2 Å². The lowest BCUT2D eigenvalue weighted by atomic mass is 10.2. The fraction of sp³-hybridized carbons (Fsp3) is 0.286. The van der Waals surface area contributed by atoms with Crippen LogP contribution in [-0.4, -0.2) is 12.1 Å². The first kappa shape index (κ1) is 10.3. The number of halogens is 4. The van der Waals surface area contributed by atoms with Gasteiger partial charge in [0.2, 0.25) is 0 Å². The van der Waals surface area contributed by atoms with Crippen LogP contribution in [0, 0.1) is 5.82 Å². The third kappa shape index (κ3) is 1.93. The molecule has 0 aliphatic heterocycles. The largest absolute Gasteiger partial charge is 0.492 e. The molecular weight excluding hydrogens is 251 g/mol. The molecule has 0 N–H and O–H groups in total. The Morgan fingerprint density at radius 1 is 1.54 bits per heavy atom. The molecule has 0 radical (unpaired) electrons. The standard InChI is InChI=1S/C7H5BrF3NO/c1-13-3-2-12-6(8)4(5(3)9)7(10)11/h2,7H,1H3. The number of methoxy groups -OCH3 is 1. The smallest absolute Gasteiger partial charge is 0.269 e. The van der Waals surface area contributed by atoms with E-state index in [1.54, 1.807) is 0 Å². The van der Waals surface area contributed by atoms with Gasteiger partial charge in [0.05, 0.1) is 18.9 Å². The monoisotopic (exact) mass is 255 g/mol. The highest BCUT2D eigenvalue weighted by Crippen LogP contribution is 2.32. The van der Waals surface area contributed by atoms with E-state index in [2.05, 4.69) is 25.7 Å². The highest BCUT2D eigenvalue weighted by molar-refractivity contribution is 9.10. The van der Waals surface area contributed by atoms with Crippen molar-refractivity contribution in [3.8, 4) is 5.75 Å². The zero-order valence-electron chi connectivity index (χ0n) is 6.52. The number of nitrogens with zero attached hydrogens (tertiary/aromatic N) is 1. The quantitative estimate of drug-likeness (QED) is 0.759. The maximum atomic E-state index is 13.1. The second kappa shape index (κ2) is 3.95. The van der Waals surface area contributed by atoms with Crippen LogP contribution in [0.3, 0.4) is 0 Å². The fourth-order valence-corrected chi connectivity index (χ4v) is 1.24. The van der Waals surface area contributed by atoms with Crippen molar-refractivity contribution in [2.24, 2.45) is 0 Å². The Kier molecular flexibility index (Phi) is 3.13. The molecule has 0 saturated heterocycles. The summed E-state index contributed by atoms with van der Waals surface area (Å²) >= 11 is 2.72. The molecule has 2 nitrogen and oxygen atoms in total. The molecule has 0 spiro atoms. The van der Waals surface area contributed by atoms with Crippen molar-refractivity contribution in [2.45, 2.75) is 6.43 Å². The summed E-state index contributed by atoms with van der Waals surface area (Å²) < 4.78 is 41.9. The second-order valence-electron chi connectivity index (χ2n) is 2.15. The summed E-state index contributed by atoms with van der Waals surface area (Å²) in [5, 5.41) is 0. The maximum absolute atomic E-state index is 13.1. The van der Waals surface area contributed by atoms with Crippen molar-refractivity contribution in [1.82, 2.24) is 4.98 Å². The van der Waals surface area contributed by atoms with Crippen molar-refractivity contribution in [3.63, 3.8) is 0 Å². The molecule has 6 heteroatoms. The van der Waals surface area contributed by atoms with Crippen molar-refractivity contribution < 1.29 is 17.9 Å². The Bertz CT molecular complexity index is 319. The van der Waals surface area contributed by atoms with Crippen LogP contribution in [0.1, 0.15) is 12.0 Å². The Balaban J connectivity index is 3.30. The van der Waals surface area contributed by atoms with Crippen molar-refractivity contribution in [2.75, 3.05) is 7.11 Å². The second-order valence-corrected chi connectivity index (χ2v) is 2.90. The van der Waals surface area contributed by atoms with Gasteiger partial charge < -0.3 is 4.74 Å². The van der Waals surface area contributed by atoms with Crippen molar-refractivity contribution in [3.05, 3.63) is 22.2 Å². The van der Waals surface area contributed by atoms with Crippen LogP contribution in [0.15, 0.2) is 10.8 Å². The van der Waals surface area contributed by atoms with E-state index in [4.69, 9.17) is 0 Å². The minimum atomic E-state index is -2.92. The number of aromatic nitrogens is 1. The normalized spacial score (nSPS) is 10.6. The van der Waals surface area contributed by atoms with Gasteiger partial charge in [0, 0.05) is 0 Å². The lowest BCUT2D eigenvalue weighted by Crippen LogP contribution is -1.98. The summed E-state index contributed by atoms with van der Waals surface area (Å²) in [6.07, 6.45) is -1.89. The maximum Gasteiger partial charge on any atom is 0.269 e. The van der Waals surface area contributed by atoms with E-state index in [1.165, 1.54) is 7.11 Å². The molecule has 0 aromatic carbocycles. The van der Waals surface area contributed by atoms with Gasteiger partial charge in [-0.2, -0.15) is 0 Å². The predicted molar refractivity (Wildman–Crippen MR) is 43.4 cm³/mol. The van der Waals surface area contributed by atoms with Crippen LogP contribution >= 0.6 is 15.9 Å². The lowest BCUT2D eigenvalue weighted by Gasteiger charge is -2.07. The van der Waals surface area contributed by atoms with E-state index in [0.717, 1.165) is 6.20 Å². The average Bonchev–Trinajstić information content (AvgIpc) is 2.04. The third-order valence-corrected chi connectivity index (χ3v) is 2.04. The van der Waals surface area contributed by atoms with Gasteiger partial charge in [0.25, 0.3) is 6.43 Å². The number of pyridine rings is 1. The zero-order valence-corrected chi connectivity index (χ0v) is 8.11. The van der Waals surface area contributed by atoms with E-state index < -0.39 is 17.8 Å². The Morgan fingerprint density at radius 2 is 2.15 bits per heavy atom. The van der Waals surface area contributed by atoms with Crippen molar-refractivity contribution in [1.29, 1.82) is 0 Å². The molecule has 0 aliphatic rings. The molecule has 1 aromatic rings. The summed E-state index contributed by atoms with van der Waals surface area (Å²) in [5.41, 5.74) is -0.778. The highest BCUT2D eigenvalue weighted by Gasteiger charge is 2.21. The molecule has 0 saturated carbocycles. The zero-order chi connectivity index (χ0) is 10.0. The molecule has 0 bridgehead atoms. The van der Waals surface area contributed by atoms with E-state index >= 15 is 0 Å². The van der Waals surface area contributed by atoms with Crippen LogP contribution in [0.2, 0.25) is 0 Å². The molecule has 72 valence electrons. The Hall–Kier alpha value is -0.780. The van der Waals surface area contributed by atoms with Gasteiger partial charge in [-0.15, -0.1) is 0 Å². The molecule has 0 fully saturated rings. The molecule has 13 heavy (non-hydrogen) atoms. The van der Waals surface area contributed by atoms with Gasteiger partial charge in [0.1, 0.15) is 4.60 Å². The molecule has 0 unspecified atom stereocenters. The molecule has 0 amide bonds. The number of ether oxygens (including phenoxy) is 1. The summed E-state index contributed by atoms with van der Waals surface area (Å²) in [4.78, 5) is 3.50. The van der Waals surface area contributed by atoms with Gasteiger partial charge in [0.15, 0.2) is 11.6 Å². The summed E-state index contributed by atoms with van der Waals surface area (Å²) in [6, 6.07) is 0. The molecule has 0 atom stereocenters. The van der Waals surface area contributed by atoms with Crippen LogP contribution in [-0.2, 0) is 0 Å². The molecular formula is C7H5BrF3NO. The first-order valence-electron chi connectivity index (χ1n) is 3.24. The van der Waals surface area contributed by atoms with Gasteiger partial charge in [-0.05, 0) is 15.9 Å². The Morgan fingerprint density at radius 3 is 2.62 bits per heavy atom. The SMILES string of the molecule is COc1cnc(Br)c(C(F)F)c1F. The topological polar surface area (TPSA) is 22.1 Å². The number of alkyl halides is 2. The molecule has 0 aliphatic carbocycles. The first-order chi connectivity index (χ1) is 6.07. The minimum absolute atomic E-state index is 0.208. The van der Waals surface area contributed by atoms with Crippen molar-refractivity contribution >= 4 is 15.9 Å². The molecule has 1 rings (SSSR count). The first-order valence-corrected chi connectivity index (χ1v) is 4.03. The average molecular weight is 256 g/mol. The van der Waals surface area contributed by atoms with Gasteiger partial charge in [-0.25, -0.2) is 18.2 Å². The molecule has 1 heterocycles. The lowest BCUT2D eigenvalue weighted by molar-refractivity contribution is 0.143. The fourth-order valence-electron chi connectivity index (χ4n) is 0.793. The third-order valence-electron chi connectivity index (χ3n) is 1.41. The van der Waals surface area contributed by atoms with E-state index in [-0.39, 0.29) is 10.4 Å². The Labute approximate surface area is 80.9 Å². The number of hydrogen-bond acceptors (Lipinski definition) is 2. The summed E-state index contributed by atoms with van der Waals surface area (Å²) in [5.74, 6) is -1.38. The number of rotatable bonds is 2. The highest BCUT2D eigenvalue weighted by atomic mass is 79.9. The van der Waals surface area contributed by atoms with Gasteiger partial charge in [-0.1, -0.05) is 0 Å². The summed E-state index contributed by atoms with van der Waals surface area (Å²) in [6.45, 7) is 0. The van der Waals surface area contributed by atoms with E-state index in [1.807, 2.05) is 0 Å². The van der Waals surface area contributed by atoms with Crippen LogP contribution in [0.25, 0.3) is 0 Å². The van der Waals surface area contributed by atoms with E-state index in [0.29, 0.717) is 0 Å². The van der Waals surface area contributed by atoms with Gasteiger partial charge in [-0.3, -0.25) is 0 Å². The number of hydrogen-bond donors (Lipinski definition) is 0. The van der Waals surface area contributed by atoms with Gasteiger partial charge >= 0.3 is 0 Å². The molecule has 1 aromatic heterocycles. The van der Waals surface area contributed by atoms with Crippen LogP contribution in [0.4, 0.5) is 13.2 Å².